The molecular formula is C15H28N2O2. The predicted molar refractivity (Wildman–Crippen MR) is 75.9 cm³/mol. The Morgan fingerprint density at radius 3 is 2.63 bits per heavy atom. The van der Waals surface area contributed by atoms with Crippen molar-refractivity contribution in [3.05, 3.63) is 0 Å². The van der Waals surface area contributed by atoms with E-state index in [-0.39, 0.29) is 6.61 Å². The summed E-state index contributed by atoms with van der Waals surface area (Å²) >= 11 is 0. The number of rotatable bonds is 5. The lowest BCUT2D eigenvalue weighted by Gasteiger charge is -2.33. The third-order valence-corrected chi connectivity index (χ3v) is 4.67. The molecule has 0 aromatic carbocycles. The molecule has 4 nitrogen and oxygen atoms in total. The van der Waals surface area contributed by atoms with Crippen molar-refractivity contribution in [1.29, 1.82) is 0 Å². The predicted octanol–water partition coefficient (Wildman–Crippen LogP) is 1.48. The van der Waals surface area contributed by atoms with Crippen LogP contribution in [0.2, 0.25) is 0 Å². The Morgan fingerprint density at radius 2 is 1.95 bits per heavy atom. The molecule has 2 aliphatic heterocycles. The van der Waals surface area contributed by atoms with Crippen molar-refractivity contribution in [2.24, 2.45) is 5.92 Å². The lowest BCUT2D eigenvalue weighted by molar-refractivity contribution is -0.134. The summed E-state index contributed by atoms with van der Waals surface area (Å²) in [6.45, 7) is 6.05. The van der Waals surface area contributed by atoms with Gasteiger partial charge in [-0.1, -0.05) is 6.92 Å². The first-order valence-corrected chi connectivity index (χ1v) is 7.83. The van der Waals surface area contributed by atoms with Crippen LogP contribution >= 0.6 is 0 Å². The highest BCUT2D eigenvalue weighted by molar-refractivity contribution is 5.78. The lowest BCUT2D eigenvalue weighted by Crippen LogP contribution is -2.45. The molecule has 2 rings (SSSR count). The number of aliphatic hydroxyl groups excluding tert-OH is 1. The van der Waals surface area contributed by atoms with Crippen molar-refractivity contribution in [3.8, 4) is 0 Å². The van der Waals surface area contributed by atoms with Crippen molar-refractivity contribution in [2.45, 2.75) is 51.5 Å². The quantitative estimate of drug-likeness (QED) is 0.821. The average molecular weight is 268 g/mol. The molecule has 0 radical (unpaired) electrons. The zero-order valence-corrected chi connectivity index (χ0v) is 12.2. The van der Waals surface area contributed by atoms with Gasteiger partial charge >= 0.3 is 0 Å². The van der Waals surface area contributed by atoms with Crippen LogP contribution in [0.3, 0.4) is 0 Å². The lowest BCUT2D eigenvalue weighted by atomic mass is 9.99. The van der Waals surface area contributed by atoms with E-state index in [0.717, 1.165) is 51.2 Å². The normalized spacial score (nSPS) is 26.0. The molecule has 2 fully saturated rings. The molecule has 1 atom stereocenters. The van der Waals surface area contributed by atoms with Gasteiger partial charge < -0.3 is 10.0 Å². The van der Waals surface area contributed by atoms with Crippen molar-refractivity contribution in [3.63, 3.8) is 0 Å². The van der Waals surface area contributed by atoms with Crippen LogP contribution in [-0.2, 0) is 4.79 Å². The fraction of sp³-hybridized carbons (Fsp3) is 0.933. The van der Waals surface area contributed by atoms with E-state index in [4.69, 9.17) is 5.11 Å². The van der Waals surface area contributed by atoms with E-state index in [2.05, 4.69) is 11.8 Å². The topological polar surface area (TPSA) is 43.8 Å². The van der Waals surface area contributed by atoms with E-state index in [1.165, 1.54) is 12.8 Å². The molecule has 0 spiro atoms. The van der Waals surface area contributed by atoms with E-state index in [9.17, 15) is 4.79 Å². The Balaban J connectivity index is 1.77. The molecule has 0 aromatic heterocycles. The molecule has 0 aromatic rings. The first kappa shape index (κ1) is 14.8. The molecule has 110 valence electrons. The number of carbonyl (C=O) groups excluding carboxylic acids is 1. The number of likely N-dealkylation sites (tertiary alicyclic amines) is 2. The summed E-state index contributed by atoms with van der Waals surface area (Å²) in [5.41, 5.74) is 0. The highest BCUT2D eigenvalue weighted by Crippen LogP contribution is 2.22. The van der Waals surface area contributed by atoms with Crippen LogP contribution in [0.25, 0.3) is 0 Å². The molecule has 4 heteroatoms. The van der Waals surface area contributed by atoms with Crippen LogP contribution in [0.1, 0.15) is 45.4 Å². The summed E-state index contributed by atoms with van der Waals surface area (Å²) in [5, 5.41) is 8.93. The van der Waals surface area contributed by atoms with Gasteiger partial charge in [-0.3, -0.25) is 9.69 Å². The molecule has 0 aliphatic carbocycles. The zero-order chi connectivity index (χ0) is 13.7. The fourth-order valence-corrected chi connectivity index (χ4v) is 3.29. The molecule has 2 heterocycles. The standard InChI is InChI=1S/C15H28N2O2/c1-13-6-9-16(10-7-13)15(19)12-17-8-2-4-14(17)5-3-11-18/h13-14,18H,2-12H2,1H3. The molecule has 1 N–H and O–H groups in total. The van der Waals surface area contributed by atoms with E-state index < -0.39 is 0 Å². The Morgan fingerprint density at radius 1 is 1.21 bits per heavy atom. The van der Waals surface area contributed by atoms with Gasteiger partial charge in [0.1, 0.15) is 0 Å². The van der Waals surface area contributed by atoms with Gasteiger partial charge in [0.2, 0.25) is 5.91 Å². The summed E-state index contributed by atoms with van der Waals surface area (Å²) in [4.78, 5) is 16.7. The highest BCUT2D eigenvalue weighted by atomic mass is 16.3. The van der Waals surface area contributed by atoms with E-state index in [1.807, 2.05) is 4.90 Å². The maximum absolute atomic E-state index is 12.3. The third kappa shape index (κ3) is 4.18. The third-order valence-electron chi connectivity index (χ3n) is 4.67. The second-order valence-corrected chi connectivity index (χ2v) is 6.20. The molecular weight excluding hydrogens is 240 g/mol. The van der Waals surface area contributed by atoms with Crippen LogP contribution < -0.4 is 0 Å². The van der Waals surface area contributed by atoms with Crippen molar-refractivity contribution in [2.75, 3.05) is 32.8 Å². The van der Waals surface area contributed by atoms with Gasteiger partial charge in [-0.2, -0.15) is 0 Å². The molecule has 2 aliphatic rings. The van der Waals surface area contributed by atoms with Crippen LogP contribution in [-0.4, -0.2) is 59.6 Å². The summed E-state index contributed by atoms with van der Waals surface area (Å²) in [7, 11) is 0. The van der Waals surface area contributed by atoms with Crippen LogP contribution in [0.4, 0.5) is 0 Å². The van der Waals surface area contributed by atoms with Gasteiger partial charge in [0, 0.05) is 25.7 Å². The average Bonchev–Trinajstić information content (AvgIpc) is 2.84. The number of hydrogen-bond acceptors (Lipinski definition) is 3. The Kier molecular flexibility index (Phi) is 5.64. The van der Waals surface area contributed by atoms with Crippen molar-refractivity contribution >= 4 is 5.91 Å². The van der Waals surface area contributed by atoms with Crippen LogP contribution in [0, 0.1) is 5.92 Å². The number of piperidine rings is 1. The zero-order valence-electron chi connectivity index (χ0n) is 12.2. The van der Waals surface area contributed by atoms with Crippen LogP contribution in [0.15, 0.2) is 0 Å². The van der Waals surface area contributed by atoms with Gasteiger partial charge in [-0.25, -0.2) is 0 Å². The van der Waals surface area contributed by atoms with Gasteiger partial charge in [0.25, 0.3) is 0 Å². The minimum absolute atomic E-state index is 0.266. The monoisotopic (exact) mass is 268 g/mol. The number of nitrogens with zero attached hydrogens (tertiary/aromatic N) is 2. The second-order valence-electron chi connectivity index (χ2n) is 6.20. The Hall–Kier alpha value is -0.610. The maximum atomic E-state index is 12.3. The van der Waals surface area contributed by atoms with E-state index in [1.54, 1.807) is 0 Å². The van der Waals surface area contributed by atoms with E-state index >= 15 is 0 Å². The van der Waals surface area contributed by atoms with Gasteiger partial charge in [-0.15, -0.1) is 0 Å². The molecule has 0 saturated carbocycles. The smallest absolute Gasteiger partial charge is 0.236 e. The Labute approximate surface area is 116 Å². The minimum atomic E-state index is 0.266. The first-order valence-electron chi connectivity index (χ1n) is 7.83. The van der Waals surface area contributed by atoms with Crippen LogP contribution in [0.5, 0.6) is 0 Å². The minimum Gasteiger partial charge on any atom is -0.396 e. The number of aliphatic hydroxyl groups is 1. The molecule has 1 amide bonds. The number of amides is 1. The van der Waals surface area contributed by atoms with Crippen molar-refractivity contribution in [1.82, 2.24) is 9.80 Å². The fourth-order valence-electron chi connectivity index (χ4n) is 3.29. The Bertz CT molecular complexity index is 288. The summed E-state index contributed by atoms with van der Waals surface area (Å²) in [6.07, 6.45) is 6.57. The molecule has 0 bridgehead atoms. The molecule has 1 unspecified atom stereocenters. The van der Waals surface area contributed by atoms with Gasteiger partial charge in [-0.05, 0) is 51.0 Å². The number of carbonyl (C=O) groups is 1. The van der Waals surface area contributed by atoms with Crippen molar-refractivity contribution < 1.29 is 9.90 Å². The number of hydrogen-bond donors (Lipinski definition) is 1. The molecule has 2 saturated heterocycles. The first-order chi connectivity index (χ1) is 9.20. The maximum Gasteiger partial charge on any atom is 0.236 e. The summed E-state index contributed by atoms with van der Waals surface area (Å²) < 4.78 is 0. The highest BCUT2D eigenvalue weighted by Gasteiger charge is 2.28. The van der Waals surface area contributed by atoms with Gasteiger partial charge in [0.05, 0.1) is 6.54 Å². The molecule has 19 heavy (non-hydrogen) atoms. The van der Waals surface area contributed by atoms with E-state index in [0.29, 0.717) is 18.5 Å². The van der Waals surface area contributed by atoms with Gasteiger partial charge in [0.15, 0.2) is 0 Å². The largest absolute Gasteiger partial charge is 0.396 e. The summed E-state index contributed by atoms with van der Waals surface area (Å²) in [6, 6.07) is 0.514. The summed E-state index contributed by atoms with van der Waals surface area (Å²) in [5.74, 6) is 1.08. The SMILES string of the molecule is CC1CCN(C(=O)CN2CCCC2CCCO)CC1. The second kappa shape index (κ2) is 7.25.